The monoisotopic (exact) mass is 410 g/mol. The summed E-state index contributed by atoms with van der Waals surface area (Å²) in [6.45, 7) is 2.16. The van der Waals surface area contributed by atoms with Gasteiger partial charge in [-0.05, 0) is 42.5 Å². The number of aromatic nitrogens is 5. The van der Waals surface area contributed by atoms with Gasteiger partial charge in [0.2, 0.25) is 0 Å². The Morgan fingerprint density at radius 3 is 3.07 bits per heavy atom. The number of imidazole rings is 1. The molecule has 30 heavy (non-hydrogen) atoms. The maximum absolute atomic E-state index is 12.4. The number of rotatable bonds is 6. The van der Waals surface area contributed by atoms with Crippen molar-refractivity contribution in [2.75, 3.05) is 13.1 Å². The molecule has 0 bridgehead atoms. The fraction of sp³-hybridized carbons (Fsp3) is 0.474. The summed E-state index contributed by atoms with van der Waals surface area (Å²) in [4.78, 5) is 30.9. The third-order valence-electron chi connectivity index (χ3n) is 5.34. The van der Waals surface area contributed by atoms with E-state index in [1.807, 2.05) is 6.07 Å². The highest BCUT2D eigenvalue weighted by Gasteiger charge is 2.33. The molecule has 3 aromatic heterocycles. The summed E-state index contributed by atoms with van der Waals surface area (Å²) in [5.74, 6) is -0.0443. The second kappa shape index (κ2) is 7.73. The minimum atomic E-state index is -0.323. The molecule has 0 radical (unpaired) electrons. The Labute approximate surface area is 171 Å². The molecule has 0 aromatic carbocycles. The van der Waals surface area contributed by atoms with Crippen molar-refractivity contribution in [1.29, 1.82) is 0 Å². The molecule has 3 amide bonds. The molecule has 2 N–H and O–H groups in total. The summed E-state index contributed by atoms with van der Waals surface area (Å²) < 4.78 is 6.39. The SMILES string of the molecule is O=C(NCc1cn2ncc(CN3CCCCNC3=O)cc2n1)c1nonc1C1CC1. The molecule has 1 saturated carbocycles. The molecular weight excluding hydrogens is 388 g/mol. The van der Waals surface area contributed by atoms with Gasteiger partial charge in [0.05, 0.1) is 24.6 Å². The maximum atomic E-state index is 12.4. The highest BCUT2D eigenvalue weighted by Crippen LogP contribution is 2.40. The molecule has 1 aliphatic heterocycles. The Morgan fingerprint density at radius 2 is 2.20 bits per heavy atom. The number of hydrogen-bond donors (Lipinski definition) is 2. The van der Waals surface area contributed by atoms with E-state index in [2.05, 4.69) is 31.0 Å². The number of urea groups is 1. The number of carbonyl (C=O) groups is 2. The zero-order valence-corrected chi connectivity index (χ0v) is 16.4. The van der Waals surface area contributed by atoms with Gasteiger partial charge in [-0.15, -0.1) is 0 Å². The van der Waals surface area contributed by atoms with Crippen molar-refractivity contribution >= 4 is 17.6 Å². The van der Waals surface area contributed by atoms with Crippen LogP contribution in [0.15, 0.2) is 23.1 Å². The lowest BCUT2D eigenvalue weighted by Gasteiger charge is -2.19. The summed E-state index contributed by atoms with van der Waals surface area (Å²) in [7, 11) is 0. The summed E-state index contributed by atoms with van der Waals surface area (Å²) in [6, 6.07) is 1.86. The van der Waals surface area contributed by atoms with Crippen molar-refractivity contribution in [3.63, 3.8) is 0 Å². The molecule has 1 aliphatic carbocycles. The van der Waals surface area contributed by atoms with Crippen molar-refractivity contribution in [2.24, 2.45) is 0 Å². The van der Waals surface area contributed by atoms with Gasteiger partial charge in [-0.3, -0.25) is 4.79 Å². The third-order valence-corrected chi connectivity index (χ3v) is 5.34. The van der Waals surface area contributed by atoms with Crippen LogP contribution in [-0.4, -0.2) is 54.8 Å². The largest absolute Gasteiger partial charge is 0.345 e. The van der Waals surface area contributed by atoms with E-state index in [-0.39, 0.29) is 30.1 Å². The zero-order chi connectivity index (χ0) is 20.5. The first-order valence-corrected chi connectivity index (χ1v) is 10.1. The van der Waals surface area contributed by atoms with Crippen LogP contribution in [0.1, 0.15) is 59.0 Å². The predicted molar refractivity (Wildman–Crippen MR) is 103 cm³/mol. The van der Waals surface area contributed by atoms with E-state index >= 15 is 0 Å². The fourth-order valence-corrected chi connectivity index (χ4v) is 3.58. The van der Waals surface area contributed by atoms with Crippen LogP contribution in [0.4, 0.5) is 4.79 Å². The normalized spacial score (nSPS) is 17.1. The van der Waals surface area contributed by atoms with E-state index in [4.69, 9.17) is 4.63 Å². The zero-order valence-electron chi connectivity index (χ0n) is 16.4. The van der Waals surface area contributed by atoms with Crippen LogP contribution in [0, 0.1) is 0 Å². The number of fused-ring (bicyclic) bond motifs is 1. The number of carbonyl (C=O) groups excluding carboxylic acids is 2. The Morgan fingerprint density at radius 1 is 1.30 bits per heavy atom. The summed E-state index contributed by atoms with van der Waals surface area (Å²) in [5.41, 5.74) is 3.12. The van der Waals surface area contributed by atoms with Crippen LogP contribution < -0.4 is 10.6 Å². The number of hydrogen-bond acceptors (Lipinski definition) is 7. The van der Waals surface area contributed by atoms with Crippen molar-refractivity contribution in [3.8, 4) is 0 Å². The van der Waals surface area contributed by atoms with Crippen LogP contribution in [0.25, 0.3) is 5.65 Å². The van der Waals surface area contributed by atoms with Crippen LogP contribution in [0.5, 0.6) is 0 Å². The van der Waals surface area contributed by atoms with E-state index in [0.29, 0.717) is 30.1 Å². The number of nitrogens with zero attached hydrogens (tertiary/aromatic N) is 6. The molecule has 3 aromatic rings. The first kappa shape index (κ1) is 18.5. The van der Waals surface area contributed by atoms with Gasteiger partial charge in [0, 0.05) is 25.6 Å². The minimum Gasteiger partial charge on any atom is -0.345 e. The number of nitrogens with one attached hydrogen (secondary N) is 2. The van der Waals surface area contributed by atoms with Gasteiger partial charge in [-0.2, -0.15) is 5.10 Å². The van der Waals surface area contributed by atoms with E-state index in [0.717, 1.165) is 37.8 Å². The second-order valence-electron chi connectivity index (χ2n) is 7.71. The Balaban J connectivity index is 1.25. The molecule has 11 nitrogen and oxygen atoms in total. The Hall–Kier alpha value is -3.50. The van der Waals surface area contributed by atoms with Crippen molar-refractivity contribution < 1.29 is 14.2 Å². The molecule has 0 atom stereocenters. The molecule has 5 rings (SSSR count). The molecule has 1 saturated heterocycles. The maximum Gasteiger partial charge on any atom is 0.317 e. The standard InChI is InChI=1S/C19H22N8O3/c28-18(17-16(13-3-4-13)24-30-25-17)21-9-14-11-27-15(23-14)7-12(8-22-27)10-26-6-2-1-5-20-19(26)29/h7-8,11,13H,1-6,9-10H2,(H,20,29)(H,21,28). The average molecular weight is 410 g/mol. The lowest BCUT2D eigenvalue weighted by molar-refractivity contribution is 0.0940. The molecule has 0 spiro atoms. The Bertz CT molecular complexity index is 1090. The van der Waals surface area contributed by atoms with E-state index in [1.165, 1.54) is 0 Å². The molecule has 156 valence electrons. The second-order valence-corrected chi connectivity index (χ2v) is 7.71. The topological polar surface area (TPSA) is 131 Å². The average Bonchev–Trinajstić information content (AvgIpc) is 3.38. The van der Waals surface area contributed by atoms with E-state index in [9.17, 15) is 9.59 Å². The first-order chi connectivity index (χ1) is 14.7. The van der Waals surface area contributed by atoms with Crippen LogP contribution in [-0.2, 0) is 13.1 Å². The van der Waals surface area contributed by atoms with Gasteiger partial charge < -0.3 is 15.5 Å². The molecule has 0 unspecified atom stereocenters. The summed E-state index contributed by atoms with van der Waals surface area (Å²) in [5, 5.41) is 17.7. The summed E-state index contributed by atoms with van der Waals surface area (Å²) in [6.07, 6.45) is 7.48. The van der Waals surface area contributed by atoms with Crippen LogP contribution in [0.3, 0.4) is 0 Å². The van der Waals surface area contributed by atoms with Gasteiger partial charge >= 0.3 is 6.03 Å². The predicted octanol–water partition coefficient (Wildman–Crippen LogP) is 1.23. The highest BCUT2D eigenvalue weighted by molar-refractivity contribution is 5.93. The molecule has 4 heterocycles. The quantitative estimate of drug-likeness (QED) is 0.625. The van der Waals surface area contributed by atoms with E-state index in [1.54, 1.807) is 21.8 Å². The van der Waals surface area contributed by atoms with E-state index < -0.39 is 0 Å². The lowest BCUT2D eigenvalue weighted by atomic mass is 10.2. The van der Waals surface area contributed by atoms with Crippen LogP contribution >= 0.6 is 0 Å². The lowest BCUT2D eigenvalue weighted by Crippen LogP contribution is -2.37. The molecule has 2 fully saturated rings. The van der Waals surface area contributed by atoms with Crippen molar-refractivity contribution in [1.82, 2.24) is 40.4 Å². The van der Waals surface area contributed by atoms with Gasteiger partial charge in [0.15, 0.2) is 11.3 Å². The van der Waals surface area contributed by atoms with Crippen molar-refractivity contribution in [2.45, 2.75) is 44.7 Å². The van der Waals surface area contributed by atoms with Crippen molar-refractivity contribution in [3.05, 3.63) is 41.1 Å². The first-order valence-electron chi connectivity index (χ1n) is 10.1. The fourth-order valence-electron chi connectivity index (χ4n) is 3.58. The smallest absolute Gasteiger partial charge is 0.317 e. The van der Waals surface area contributed by atoms with Crippen LogP contribution in [0.2, 0.25) is 0 Å². The van der Waals surface area contributed by atoms with Gasteiger partial charge in [0.25, 0.3) is 5.91 Å². The summed E-state index contributed by atoms with van der Waals surface area (Å²) >= 11 is 0. The van der Waals surface area contributed by atoms with Gasteiger partial charge in [-0.25, -0.2) is 18.9 Å². The highest BCUT2D eigenvalue weighted by atomic mass is 16.6. The molecule has 2 aliphatic rings. The molecular formula is C19H22N8O3. The minimum absolute atomic E-state index is 0.0490. The molecule has 11 heteroatoms. The number of amides is 3. The third kappa shape index (κ3) is 3.82. The van der Waals surface area contributed by atoms with Gasteiger partial charge in [-0.1, -0.05) is 5.16 Å². The Kier molecular flexibility index (Phi) is 4.77. The van der Waals surface area contributed by atoms with Gasteiger partial charge in [0.1, 0.15) is 5.69 Å².